The lowest BCUT2D eigenvalue weighted by Crippen LogP contribution is -2.47. The van der Waals surface area contributed by atoms with Crippen molar-refractivity contribution in [3.05, 3.63) is 71.8 Å². The van der Waals surface area contributed by atoms with Crippen molar-refractivity contribution < 1.29 is 14.6 Å². The number of hydrogen-bond donors (Lipinski definition) is 1. The maximum Gasteiger partial charge on any atom is 0.320 e. The highest BCUT2D eigenvalue weighted by atomic mass is 35.5. The van der Waals surface area contributed by atoms with Crippen molar-refractivity contribution in [2.45, 2.75) is 57.3 Å². The molecule has 2 aromatic carbocycles. The monoisotopic (exact) mass is 417 g/mol. The third-order valence-electron chi connectivity index (χ3n) is 5.57. The molecule has 3 rings (SSSR count). The zero-order valence-electron chi connectivity index (χ0n) is 17.1. The largest absolute Gasteiger partial charge is 0.480 e. The molecule has 0 saturated carbocycles. The molecule has 1 unspecified atom stereocenters. The standard InChI is InChI=1S/C24H31NO3.ClH/c1-2-3-14-22(24(26)27)25-17-15-21(16-18-25)28-23(19-10-6-4-7-11-19)20-12-8-5-9-13-20;/h4-13,21-23H,2-3,14-18H2,1H3,(H,26,27);1H. The van der Waals surface area contributed by atoms with Crippen LogP contribution in [0.3, 0.4) is 0 Å². The van der Waals surface area contributed by atoms with Crippen LogP contribution in [0.5, 0.6) is 0 Å². The van der Waals surface area contributed by atoms with E-state index in [0.717, 1.165) is 56.3 Å². The normalized spacial score (nSPS) is 16.3. The summed E-state index contributed by atoms with van der Waals surface area (Å²) in [6.45, 7) is 3.66. The molecule has 4 nitrogen and oxygen atoms in total. The van der Waals surface area contributed by atoms with Gasteiger partial charge in [-0.15, -0.1) is 12.4 Å². The Kier molecular flexibility index (Phi) is 9.65. The highest BCUT2D eigenvalue weighted by molar-refractivity contribution is 5.85. The molecule has 1 saturated heterocycles. The van der Waals surface area contributed by atoms with E-state index in [9.17, 15) is 9.90 Å². The van der Waals surface area contributed by atoms with Crippen LogP contribution in [0.25, 0.3) is 0 Å². The van der Waals surface area contributed by atoms with Gasteiger partial charge in [-0.05, 0) is 30.4 Å². The van der Waals surface area contributed by atoms with Crippen molar-refractivity contribution in [2.75, 3.05) is 13.1 Å². The number of carbonyl (C=O) groups is 1. The van der Waals surface area contributed by atoms with Crippen molar-refractivity contribution in [3.8, 4) is 0 Å². The topological polar surface area (TPSA) is 49.8 Å². The molecule has 0 amide bonds. The van der Waals surface area contributed by atoms with Gasteiger partial charge in [-0.1, -0.05) is 80.4 Å². The summed E-state index contributed by atoms with van der Waals surface area (Å²) in [4.78, 5) is 13.8. The summed E-state index contributed by atoms with van der Waals surface area (Å²) < 4.78 is 6.56. The van der Waals surface area contributed by atoms with Gasteiger partial charge in [0.25, 0.3) is 0 Å². The molecule has 5 heteroatoms. The number of aliphatic carboxylic acids is 1. The second kappa shape index (κ2) is 12.0. The van der Waals surface area contributed by atoms with Gasteiger partial charge >= 0.3 is 5.97 Å². The number of hydrogen-bond acceptors (Lipinski definition) is 3. The van der Waals surface area contributed by atoms with E-state index < -0.39 is 5.97 Å². The molecule has 158 valence electrons. The molecule has 1 heterocycles. The van der Waals surface area contributed by atoms with Crippen molar-refractivity contribution in [1.29, 1.82) is 0 Å². The maximum atomic E-state index is 11.7. The maximum absolute atomic E-state index is 11.7. The Hall–Kier alpha value is -1.88. The molecule has 0 radical (unpaired) electrons. The number of halogens is 1. The predicted molar refractivity (Wildman–Crippen MR) is 119 cm³/mol. The first kappa shape index (κ1) is 23.4. The molecule has 1 fully saturated rings. The number of benzene rings is 2. The van der Waals surface area contributed by atoms with E-state index in [2.05, 4.69) is 36.1 Å². The van der Waals surface area contributed by atoms with E-state index >= 15 is 0 Å². The summed E-state index contributed by atoms with van der Waals surface area (Å²) in [6, 6.07) is 20.3. The summed E-state index contributed by atoms with van der Waals surface area (Å²) in [6.07, 6.45) is 4.50. The molecular formula is C24H32ClNO3. The predicted octanol–water partition coefficient (Wildman–Crippen LogP) is 5.32. The quantitative estimate of drug-likeness (QED) is 0.599. The molecule has 1 atom stereocenters. The molecule has 0 aromatic heterocycles. The number of rotatable bonds is 9. The van der Waals surface area contributed by atoms with E-state index in [0.29, 0.717) is 0 Å². The molecule has 2 aromatic rings. The number of carboxylic acids is 1. The van der Waals surface area contributed by atoms with Crippen LogP contribution in [0.2, 0.25) is 0 Å². The van der Waals surface area contributed by atoms with Gasteiger partial charge in [-0.25, -0.2) is 0 Å². The summed E-state index contributed by atoms with van der Waals surface area (Å²) in [5.41, 5.74) is 2.31. The van der Waals surface area contributed by atoms with Crippen LogP contribution in [-0.4, -0.2) is 41.2 Å². The summed E-state index contributed by atoms with van der Waals surface area (Å²) >= 11 is 0. The van der Waals surface area contributed by atoms with Gasteiger partial charge in [-0.3, -0.25) is 9.69 Å². The van der Waals surface area contributed by atoms with Crippen molar-refractivity contribution >= 4 is 18.4 Å². The lowest BCUT2D eigenvalue weighted by atomic mass is 9.99. The smallest absolute Gasteiger partial charge is 0.320 e. The van der Waals surface area contributed by atoms with Crippen LogP contribution in [0.15, 0.2) is 60.7 Å². The second-order valence-corrected chi connectivity index (χ2v) is 7.57. The second-order valence-electron chi connectivity index (χ2n) is 7.57. The highest BCUT2D eigenvalue weighted by Gasteiger charge is 2.31. The van der Waals surface area contributed by atoms with Gasteiger partial charge in [0.1, 0.15) is 12.1 Å². The third-order valence-corrected chi connectivity index (χ3v) is 5.57. The summed E-state index contributed by atoms with van der Waals surface area (Å²) in [5.74, 6) is -0.695. The zero-order valence-corrected chi connectivity index (χ0v) is 17.9. The highest BCUT2D eigenvalue weighted by Crippen LogP contribution is 2.30. The Morgan fingerprint density at radius 2 is 1.55 bits per heavy atom. The SMILES string of the molecule is CCCCC(C(=O)O)N1CCC(OC(c2ccccc2)c2ccccc2)CC1.Cl. The van der Waals surface area contributed by atoms with Crippen molar-refractivity contribution in [3.63, 3.8) is 0 Å². The zero-order chi connectivity index (χ0) is 19.8. The van der Waals surface area contributed by atoms with E-state index in [1.165, 1.54) is 0 Å². The average Bonchev–Trinajstić information content (AvgIpc) is 2.74. The Bertz CT molecular complexity index is 678. The fraction of sp³-hybridized carbons (Fsp3) is 0.458. The number of piperidine rings is 1. The van der Waals surface area contributed by atoms with Crippen LogP contribution < -0.4 is 0 Å². The van der Waals surface area contributed by atoms with Gasteiger partial charge in [0.05, 0.1) is 6.10 Å². The molecule has 0 spiro atoms. The van der Waals surface area contributed by atoms with Crippen molar-refractivity contribution in [1.82, 2.24) is 4.90 Å². The first-order chi connectivity index (χ1) is 13.7. The summed E-state index contributed by atoms with van der Waals surface area (Å²) in [5, 5.41) is 9.59. The fourth-order valence-electron chi connectivity index (χ4n) is 3.98. The van der Waals surface area contributed by atoms with Crippen molar-refractivity contribution in [2.24, 2.45) is 0 Å². The lowest BCUT2D eigenvalue weighted by Gasteiger charge is -2.37. The molecule has 29 heavy (non-hydrogen) atoms. The van der Waals surface area contributed by atoms with Crippen LogP contribution in [0, 0.1) is 0 Å². The van der Waals surface area contributed by atoms with Gasteiger partial charge < -0.3 is 9.84 Å². The van der Waals surface area contributed by atoms with Crippen LogP contribution in [-0.2, 0) is 9.53 Å². The van der Waals surface area contributed by atoms with E-state index in [-0.39, 0.29) is 30.7 Å². The molecular weight excluding hydrogens is 386 g/mol. The minimum Gasteiger partial charge on any atom is -0.480 e. The van der Waals surface area contributed by atoms with Gasteiger partial charge in [0, 0.05) is 13.1 Å². The summed E-state index contributed by atoms with van der Waals surface area (Å²) in [7, 11) is 0. The van der Waals surface area contributed by atoms with Crippen LogP contribution in [0.4, 0.5) is 0 Å². The minimum absolute atomic E-state index is 0. The Morgan fingerprint density at radius 1 is 1.03 bits per heavy atom. The van der Waals surface area contributed by atoms with Gasteiger partial charge in [-0.2, -0.15) is 0 Å². The Morgan fingerprint density at radius 3 is 2.00 bits per heavy atom. The van der Waals surface area contributed by atoms with E-state index in [1.54, 1.807) is 0 Å². The lowest BCUT2D eigenvalue weighted by molar-refractivity contribution is -0.145. The minimum atomic E-state index is -0.695. The number of unbranched alkanes of at least 4 members (excludes halogenated alkanes) is 1. The van der Waals surface area contributed by atoms with Gasteiger partial charge in [0.2, 0.25) is 0 Å². The number of nitrogens with zero attached hydrogens (tertiary/aromatic N) is 1. The first-order valence-electron chi connectivity index (χ1n) is 10.4. The number of likely N-dealkylation sites (tertiary alicyclic amines) is 1. The molecule has 0 aliphatic carbocycles. The first-order valence-corrected chi connectivity index (χ1v) is 10.4. The molecule has 1 aliphatic heterocycles. The van der Waals surface area contributed by atoms with Crippen LogP contribution >= 0.6 is 12.4 Å². The number of carboxylic acid groups (broad SMARTS) is 1. The number of ether oxygens (including phenoxy) is 1. The molecule has 0 bridgehead atoms. The van der Waals surface area contributed by atoms with Crippen LogP contribution in [0.1, 0.15) is 56.3 Å². The fourth-order valence-corrected chi connectivity index (χ4v) is 3.98. The Labute approximate surface area is 180 Å². The third kappa shape index (κ3) is 6.56. The molecule has 1 aliphatic rings. The van der Waals surface area contributed by atoms with E-state index in [4.69, 9.17) is 4.74 Å². The molecule has 1 N–H and O–H groups in total. The average molecular weight is 418 g/mol. The Balaban J connectivity index is 0.00000300. The van der Waals surface area contributed by atoms with Gasteiger partial charge in [0.15, 0.2) is 0 Å². The van der Waals surface area contributed by atoms with E-state index in [1.807, 2.05) is 36.4 Å².